The fourth-order valence-corrected chi connectivity index (χ4v) is 6.80. The maximum absolute atomic E-state index is 12.6. The molecule has 2 aliphatic carbocycles. The molecule has 2 nitrogen and oxygen atoms in total. The monoisotopic (exact) mass is 442 g/mol. The van der Waals surface area contributed by atoms with E-state index in [0.717, 1.165) is 57.8 Å². The summed E-state index contributed by atoms with van der Waals surface area (Å²) in [7, 11) is 0. The quantitative estimate of drug-likeness (QED) is 0.364. The van der Waals surface area contributed by atoms with Gasteiger partial charge in [-0.2, -0.15) is 0 Å². The molecule has 0 amide bonds. The normalized spacial score (nSPS) is 33.1. The minimum atomic E-state index is -0.630. The molecule has 2 saturated carbocycles. The van der Waals surface area contributed by atoms with Gasteiger partial charge in [0.25, 0.3) is 0 Å². The molecule has 1 unspecified atom stereocenters. The number of carbonyl (C=O) groups is 1. The Kier molecular flexibility index (Phi) is 9.19. The number of aliphatic hydroxyl groups is 1. The van der Waals surface area contributed by atoms with Crippen LogP contribution in [0.5, 0.6) is 0 Å². The third-order valence-electron chi connectivity index (χ3n) is 8.83. The second kappa shape index (κ2) is 10.9. The van der Waals surface area contributed by atoms with Gasteiger partial charge in [0.1, 0.15) is 5.78 Å². The highest BCUT2D eigenvalue weighted by Crippen LogP contribution is 2.62. The van der Waals surface area contributed by atoms with E-state index < -0.39 is 5.60 Å². The summed E-state index contributed by atoms with van der Waals surface area (Å²) in [6, 6.07) is 0. The lowest BCUT2D eigenvalue weighted by Gasteiger charge is -2.60. The number of hydrogen-bond acceptors (Lipinski definition) is 2. The van der Waals surface area contributed by atoms with E-state index in [1.54, 1.807) is 0 Å². The topological polar surface area (TPSA) is 37.3 Å². The average Bonchev–Trinajstić information content (AvgIpc) is 2.67. The molecule has 0 spiro atoms. The summed E-state index contributed by atoms with van der Waals surface area (Å²) in [5, 5.41) is 11.3. The Bertz CT molecular complexity index is 745. The molecular formula is C30H50O2. The molecule has 0 radical (unpaired) electrons. The molecule has 2 rings (SSSR count). The van der Waals surface area contributed by atoms with E-state index in [-0.39, 0.29) is 16.7 Å². The van der Waals surface area contributed by atoms with Crippen LogP contribution >= 0.6 is 0 Å². The molecule has 0 aromatic heterocycles. The molecule has 182 valence electrons. The van der Waals surface area contributed by atoms with Crippen molar-refractivity contribution in [1.29, 1.82) is 0 Å². The fourth-order valence-electron chi connectivity index (χ4n) is 6.80. The Hall–Kier alpha value is -1.15. The van der Waals surface area contributed by atoms with Crippen molar-refractivity contribution in [2.24, 2.45) is 22.7 Å². The van der Waals surface area contributed by atoms with Crippen molar-refractivity contribution in [3.8, 4) is 0 Å². The number of Topliss-reactive ketones (excluding diaryl/α,β-unsaturated/α-hetero) is 1. The SMILES string of the molecule is CC(C)=CCC/C(C)=C/CC/C(C)=C/CCC1[C@](C)(O)CC[C@H]2C(C)(C)C(=O)CC[C@]12C. The first-order valence-corrected chi connectivity index (χ1v) is 13.0. The van der Waals surface area contributed by atoms with E-state index in [1.807, 2.05) is 6.92 Å². The molecule has 2 heteroatoms. The second-order valence-electron chi connectivity index (χ2n) is 12.2. The average molecular weight is 443 g/mol. The third-order valence-corrected chi connectivity index (χ3v) is 8.83. The molecule has 0 aliphatic heterocycles. The van der Waals surface area contributed by atoms with Gasteiger partial charge in [-0.25, -0.2) is 0 Å². The van der Waals surface area contributed by atoms with Gasteiger partial charge in [-0.05, 0) is 110 Å². The number of ketones is 1. The van der Waals surface area contributed by atoms with E-state index in [0.29, 0.717) is 18.1 Å². The third kappa shape index (κ3) is 6.46. The summed E-state index contributed by atoms with van der Waals surface area (Å²) in [4.78, 5) is 12.6. The van der Waals surface area contributed by atoms with Crippen LogP contribution in [0.2, 0.25) is 0 Å². The van der Waals surface area contributed by atoms with Crippen molar-refractivity contribution in [3.63, 3.8) is 0 Å². The lowest BCUT2D eigenvalue weighted by molar-refractivity contribution is -0.177. The first kappa shape index (κ1) is 27.1. The Balaban J connectivity index is 1.95. The summed E-state index contributed by atoms with van der Waals surface area (Å²) in [6.07, 6.45) is 17.0. The molecule has 0 saturated heterocycles. The highest BCUT2D eigenvalue weighted by atomic mass is 16.3. The summed E-state index contributed by atoms with van der Waals surface area (Å²) >= 11 is 0. The van der Waals surface area contributed by atoms with Crippen LogP contribution in [0.3, 0.4) is 0 Å². The Morgan fingerprint density at radius 2 is 1.47 bits per heavy atom. The number of carbonyl (C=O) groups excluding carboxylic acids is 1. The first-order chi connectivity index (χ1) is 14.8. The lowest BCUT2D eigenvalue weighted by Crippen LogP contribution is -2.59. The Morgan fingerprint density at radius 3 is 2.06 bits per heavy atom. The standard InChI is InChI=1S/C30H50O2/c1-22(2)12-9-13-23(3)14-10-15-24(4)16-11-17-26-29(7)20-19-27(31)28(5,6)25(29)18-21-30(26,8)32/h12,14,16,25-26,32H,9-11,13,15,17-21H2,1-8H3/b23-14+,24-16+/t25-,26?,29-,30+/m0/s1. The smallest absolute Gasteiger partial charge is 0.138 e. The van der Waals surface area contributed by atoms with Crippen LogP contribution in [-0.2, 0) is 4.79 Å². The molecule has 0 aromatic rings. The molecule has 0 bridgehead atoms. The summed E-state index contributed by atoms with van der Waals surface area (Å²) < 4.78 is 0. The zero-order valence-electron chi connectivity index (χ0n) is 22.3. The Labute approximate surface area is 198 Å². The van der Waals surface area contributed by atoms with Gasteiger partial charge in [-0.1, -0.05) is 55.7 Å². The van der Waals surface area contributed by atoms with E-state index in [9.17, 15) is 9.90 Å². The molecule has 1 N–H and O–H groups in total. The van der Waals surface area contributed by atoms with Crippen LogP contribution in [0.4, 0.5) is 0 Å². The van der Waals surface area contributed by atoms with Crippen molar-refractivity contribution in [2.75, 3.05) is 0 Å². The minimum Gasteiger partial charge on any atom is -0.390 e. The zero-order chi connectivity index (χ0) is 24.2. The van der Waals surface area contributed by atoms with Gasteiger partial charge in [0.05, 0.1) is 5.60 Å². The van der Waals surface area contributed by atoms with Crippen molar-refractivity contribution in [1.82, 2.24) is 0 Å². The highest BCUT2D eigenvalue weighted by molar-refractivity contribution is 5.85. The van der Waals surface area contributed by atoms with Crippen molar-refractivity contribution < 1.29 is 9.90 Å². The predicted octanol–water partition coefficient (Wildman–Crippen LogP) is 8.36. The van der Waals surface area contributed by atoms with E-state index in [2.05, 4.69) is 66.7 Å². The van der Waals surface area contributed by atoms with Crippen LogP contribution in [0.25, 0.3) is 0 Å². The molecule has 2 fully saturated rings. The van der Waals surface area contributed by atoms with Gasteiger partial charge in [0.15, 0.2) is 0 Å². The van der Waals surface area contributed by atoms with Gasteiger partial charge < -0.3 is 5.11 Å². The number of fused-ring (bicyclic) bond motifs is 1. The number of rotatable bonds is 9. The predicted molar refractivity (Wildman–Crippen MR) is 138 cm³/mol. The zero-order valence-corrected chi connectivity index (χ0v) is 22.3. The van der Waals surface area contributed by atoms with Crippen molar-refractivity contribution in [2.45, 2.75) is 125 Å². The highest BCUT2D eigenvalue weighted by Gasteiger charge is 2.59. The molecular weight excluding hydrogens is 392 g/mol. The summed E-state index contributed by atoms with van der Waals surface area (Å²) in [5.41, 5.74) is 3.50. The fraction of sp³-hybridized carbons (Fsp3) is 0.767. The van der Waals surface area contributed by atoms with Gasteiger partial charge in [0, 0.05) is 11.8 Å². The largest absolute Gasteiger partial charge is 0.390 e. The van der Waals surface area contributed by atoms with Crippen LogP contribution in [-0.4, -0.2) is 16.5 Å². The molecule has 32 heavy (non-hydrogen) atoms. The molecule has 0 aromatic carbocycles. The second-order valence-corrected chi connectivity index (χ2v) is 12.2. The van der Waals surface area contributed by atoms with Crippen molar-refractivity contribution >= 4 is 5.78 Å². The van der Waals surface area contributed by atoms with Crippen molar-refractivity contribution in [3.05, 3.63) is 34.9 Å². The number of allylic oxidation sites excluding steroid dienone is 6. The van der Waals surface area contributed by atoms with Gasteiger partial charge in [-0.15, -0.1) is 0 Å². The lowest BCUT2D eigenvalue weighted by atomic mass is 9.45. The Morgan fingerprint density at radius 1 is 0.906 bits per heavy atom. The maximum atomic E-state index is 12.6. The van der Waals surface area contributed by atoms with E-state index in [1.165, 1.54) is 16.7 Å². The summed E-state index contributed by atoms with van der Waals surface area (Å²) in [5.74, 6) is 1.05. The maximum Gasteiger partial charge on any atom is 0.138 e. The number of hydrogen-bond donors (Lipinski definition) is 1. The van der Waals surface area contributed by atoms with Crippen LogP contribution in [0.15, 0.2) is 34.9 Å². The van der Waals surface area contributed by atoms with E-state index >= 15 is 0 Å². The molecule has 4 atom stereocenters. The summed E-state index contributed by atoms with van der Waals surface area (Å²) in [6.45, 7) is 17.5. The van der Waals surface area contributed by atoms with Crippen LogP contribution < -0.4 is 0 Å². The van der Waals surface area contributed by atoms with Gasteiger partial charge in [0.2, 0.25) is 0 Å². The van der Waals surface area contributed by atoms with Crippen LogP contribution in [0, 0.1) is 22.7 Å². The van der Waals surface area contributed by atoms with Gasteiger partial charge >= 0.3 is 0 Å². The van der Waals surface area contributed by atoms with Crippen LogP contribution in [0.1, 0.15) is 120 Å². The van der Waals surface area contributed by atoms with E-state index in [4.69, 9.17) is 0 Å². The molecule has 0 heterocycles. The molecule has 2 aliphatic rings. The first-order valence-electron chi connectivity index (χ1n) is 13.0. The van der Waals surface area contributed by atoms with Gasteiger partial charge in [-0.3, -0.25) is 4.79 Å². The minimum absolute atomic E-state index is 0.0477.